The summed E-state index contributed by atoms with van der Waals surface area (Å²) < 4.78 is 0.930. The second kappa shape index (κ2) is 5.05. The van der Waals surface area contributed by atoms with Gasteiger partial charge in [0.05, 0.1) is 11.4 Å². The van der Waals surface area contributed by atoms with Gasteiger partial charge in [-0.2, -0.15) is 0 Å². The minimum atomic E-state index is 0.759. The van der Waals surface area contributed by atoms with Gasteiger partial charge in [0.15, 0.2) is 0 Å². The van der Waals surface area contributed by atoms with Crippen molar-refractivity contribution in [2.24, 2.45) is 0 Å². The Balaban J connectivity index is 2.68. The van der Waals surface area contributed by atoms with E-state index in [-0.39, 0.29) is 0 Å². The van der Waals surface area contributed by atoms with Crippen LogP contribution in [-0.4, -0.2) is 6.54 Å². The Morgan fingerprint density at radius 2 is 2.21 bits per heavy atom. The second-order valence-electron chi connectivity index (χ2n) is 3.36. The Morgan fingerprint density at radius 1 is 1.50 bits per heavy atom. The quantitative estimate of drug-likeness (QED) is 0.641. The molecule has 0 atom stereocenters. The van der Waals surface area contributed by atoms with E-state index in [1.54, 1.807) is 0 Å². The van der Waals surface area contributed by atoms with Crippen molar-refractivity contribution in [1.29, 1.82) is 0 Å². The fraction of sp³-hybridized carbons (Fsp3) is 0.273. The van der Waals surface area contributed by atoms with Crippen LogP contribution in [0.1, 0.15) is 13.8 Å². The zero-order valence-corrected chi connectivity index (χ0v) is 10.1. The van der Waals surface area contributed by atoms with E-state index in [2.05, 4.69) is 41.2 Å². The van der Waals surface area contributed by atoms with Gasteiger partial charge in [0.2, 0.25) is 0 Å². The van der Waals surface area contributed by atoms with Gasteiger partial charge in [-0.3, -0.25) is 0 Å². The number of halogens is 1. The summed E-state index contributed by atoms with van der Waals surface area (Å²) in [5.74, 6) is 0. The van der Waals surface area contributed by atoms with Crippen LogP contribution in [0.5, 0.6) is 0 Å². The number of para-hydroxylation sites is 1. The highest BCUT2D eigenvalue weighted by molar-refractivity contribution is 9.10. The zero-order valence-electron chi connectivity index (χ0n) is 8.47. The number of benzene rings is 1. The molecule has 0 amide bonds. The first kappa shape index (κ1) is 11.1. The molecule has 0 radical (unpaired) electrons. The third-order valence-corrected chi connectivity index (χ3v) is 2.55. The first-order chi connectivity index (χ1) is 6.61. The smallest absolute Gasteiger partial charge is 0.0694 e. The largest absolute Gasteiger partial charge is 0.396 e. The minimum absolute atomic E-state index is 0.759. The summed E-state index contributed by atoms with van der Waals surface area (Å²) in [4.78, 5) is 0. The van der Waals surface area contributed by atoms with E-state index in [0.717, 1.165) is 22.4 Å². The van der Waals surface area contributed by atoms with Crippen LogP contribution in [0.2, 0.25) is 0 Å². The third kappa shape index (κ3) is 3.07. The Morgan fingerprint density at radius 3 is 2.86 bits per heavy atom. The number of hydrogen-bond acceptors (Lipinski definition) is 2. The molecule has 0 aliphatic rings. The van der Waals surface area contributed by atoms with Gasteiger partial charge in [-0.15, -0.1) is 0 Å². The van der Waals surface area contributed by atoms with Crippen LogP contribution in [0, 0.1) is 0 Å². The third-order valence-electron chi connectivity index (χ3n) is 1.86. The van der Waals surface area contributed by atoms with Gasteiger partial charge in [-0.05, 0) is 41.9 Å². The first-order valence-electron chi connectivity index (χ1n) is 4.52. The summed E-state index contributed by atoms with van der Waals surface area (Å²) >= 11 is 3.39. The van der Waals surface area contributed by atoms with Gasteiger partial charge in [0.1, 0.15) is 0 Å². The molecule has 1 rings (SSSR count). The molecule has 1 aromatic rings. The maximum atomic E-state index is 5.87. The van der Waals surface area contributed by atoms with E-state index in [9.17, 15) is 0 Å². The van der Waals surface area contributed by atoms with Gasteiger partial charge >= 0.3 is 0 Å². The van der Waals surface area contributed by atoms with Crippen LogP contribution >= 0.6 is 15.9 Å². The van der Waals surface area contributed by atoms with Crippen molar-refractivity contribution in [3.8, 4) is 0 Å². The van der Waals surface area contributed by atoms with Crippen molar-refractivity contribution in [3.63, 3.8) is 0 Å². The molecule has 3 heteroatoms. The number of allylic oxidation sites excluding steroid dienone is 1. The van der Waals surface area contributed by atoms with Gasteiger partial charge in [-0.25, -0.2) is 0 Å². The number of hydrogen-bond donors (Lipinski definition) is 2. The Kier molecular flexibility index (Phi) is 4.01. The number of nitrogen functional groups attached to an aromatic ring is 1. The predicted molar refractivity (Wildman–Crippen MR) is 66.5 cm³/mol. The molecular formula is C11H15BrN2. The molecule has 3 N–H and O–H groups in total. The molecule has 0 spiro atoms. The molecule has 0 fully saturated rings. The highest BCUT2D eigenvalue weighted by atomic mass is 79.9. The molecule has 2 nitrogen and oxygen atoms in total. The lowest BCUT2D eigenvalue weighted by Gasteiger charge is -2.08. The average molecular weight is 255 g/mol. The molecule has 0 saturated heterocycles. The van der Waals surface area contributed by atoms with Gasteiger partial charge < -0.3 is 11.1 Å². The monoisotopic (exact) mass is 254 g/mol. The van der Waals surface area contributed by atoms with Gasteiger partial charge in [-0.1, -0.05) is 17.7 Å². The van der Waals surface area contributed by atoms with E-state index in [1.165, 1.54) is 5.57 Å². The maximum Gasteiger partial charge on any atom is 0.0694 e. The summed E-state index contributed by atoms with van der Waals surface area (Å²) in [6.07, 6.45) is 2.13. The minimum Gasteiger partial charge on any atom is -0.396 e. The summed E-state index contributed by atoms with van der Waals surface area (Å²) in [5.41, 5.74) is 8.89. The second-order valence-corrected chi connectivity index (χ2v) is 4.22. The Bertz CT molecular complexity index is 341. The molecule has 0 heterocycles. The molecule has 0 saturated carbocycles. The molecule has 0 unspecified atom stereocenters. The van der Waals surface area contributed by atoms with Crippen molar-refractivity contribution in [1.82, 2.24) is 0 Å². The van der Waals surface area contributed by atoms with E-state index in [1.807, 2.05) is 18.2 Å². The zero-order chi connectivity index (χ0) is 10.6. The van der Waals surface area contributed by atoms with Gasteiger partial charge in [0.25, 0.3) is 0 Å². The fourth-order valence-electron chi connectivity index (χ4n) is 1.06. The van der Waals surface area contributed by atoms with E-state index in [0.29, 0.717) is 0 Å². The van der Waals surface area contributed by atoms with Crippen LogP contribution in [-0.2, 0) is 0 Å². The molecule has 0 aliphatic heterocycles. The number of nitrogens with one attached hydrogen (secondary N) is 1. The van der Waals surface area contributed by atoms with Crippen molar-refractivity contribution >= 4 is 27.3 Å². The van der Waals surface area contributed by atoms with Crippen molar-refractivity contribution < 1.29 is 0 Å². The van der Waals surface area contributed by atoms with Crippen LogP contribution < -0.4 is 11.1 Å². The van der Waals surface area contributed by atoms with E-state index < -0.39 is 0 Å². The average Bonchev–Trinajstić information content (AvgIpc) is 2.12. The number of rotatable bonds is 3. The van der Waals surface area contributed by atoms with Crippen molar-refractivity contribution in [2.75, 3.05) is 17.6 Å². The van der Waals surface area contributed by atoms with E-state index >= 15 is 0 Å². The summed E-state index contributed by atoms with van der Waals surface area (Å²) in [7, 11) is 0. The van der Waals surface area contributed by atoms with Crippen LogP contribution in [0.25, 0.3) is 0 Å². The highest BCUT2D eigenvalue weighted by Crippen LogP contribution is 2.26. The lowest BCUT2D eigenvalue weighted by atomic mass is 10.2. The molecule has 1 aromatic carbocycles. The van der Waals surface area contributed by atoms with Crippen molar-refractivity contribution in [3.05, 3.63) is 34.3 Å². The summed E-state index contributed by atoms with van der Waals surface area (Å²) in [6, 6.07) is 5.87. The summed E-state index contributed by atoms with van der Waals surface area (Å²) in [5, 5.41) is 3.25. The fourth-order valence-corrected chi connectivity index (χ4v) is 1.42. The molecule has 76 valence electrons. The van der Waals surface area contributed by atoms with Crippen LogP contribution in [0.3, 0.4) is 0 Å². The molecule has 0 aliphatic carbocycles. The van der Waals surface area contributed by atoms with Crippen molar-refractivity contribution in [2.45, 2.75) is 13.8 Å². The van der Waals surface area contributed by atoms with Gasteiger partial charge in [0, 0.05) is 11.0 Å². The molecule has 0 aromatic heterocycles. The number of anilines is 2. The summed E-state index contributed by atoms with van der Waals surface area (Å²) in [6.45, 7) is 4.96. The van der Waals surface area contributed by atoms with Crippen LogP contribution in [0.4, 0.5) is 11.4 Å². The number of nitrogens with two attached hydrogens (primary N) is 1. The Hall–Kier alpha value is -0.960. The maximum absolute atomic E-state index is 5.87. The molecule has 14 heavy (non-hydrogen) atoms. The molecular weight excluding hydrogens is 240 g/mol. The normalized spacial score (nSPS) is 9.64. The topological polar surface area (TPSA) is 38.0 Å². The standard InChI is InChI=1S/C11H15BrN2/c1-8(2)6-7-14-10-5-3-4-9(12)11(10)13/h3-6,14H,7,13H2,1-2H3. The lowest BCUT2D eigenvalue weighted by Crippen LogP contribution is -2.02. The van der Waals surface area contributed by atoms with E-state index in [4.69, 9.17) is 5.73 Å². The van der Waals surface area contributed by atoms with Crippen LogP contribution in [0.15, 0.2) is 34.3 Å². The molecule has 0 bridgehead atoms. The predicted octanol–water partition coefficient (Wildman–Crippen LogP) is 3.41. The highest BCUT2D eigenvalue weighted by Gasteiger charge is 1.99. The Labute approximate surface area is 93.3 Å². The first-order valence-corrected chi connectivity index (χ1v) is 5.32. The lowest BCUT2D eigenvalue weighted by molar-refractivity contribution is 1.26. The SMILES string of the molecule is CC(C)=CCNc1cccc(Br)c1N.